The van der Waals surface area contributed by atoms with Crippen molar-refractivity contribution < 1.29 is 14.6 Å². The number of methoxy groups -OCH3 is 1. The molecule has 5 heteroatoms. The number of rotatable bonds is 6. The molecule has 2 amide bonds. The smallest absolute Gasteiger partial charge is 0.319 e. The average Bonchev–Trinajstić information content (AvgIpc) is 2.22. The number of aliphatic hydroxyl groups is 1. The van der Waals surface area contributed by atoms with Crippen LogP contribution in [0.25, 0.3) is 0 Å². The third-order valence-corrected chi connectivity index (χ3v) is 2.01. The predicted molar refractivity (Wildman–Crippen MR) is 54.2 cm³/mol. The van der Waals surface area contributed by atoms with Crippen LogP contribution >= 0.6 is 0 Å². The van der Waals surface area contributed by atoms with Crippen LogP contribution in [0.1, 0.15) is 6.92 Å². The molecule has 0 radical (unpaired) electrons. The molecule has 0 rings (SSSR count). The molecule has 0 aliphatic rings. The monoisotopic (exact) mass is 204 g/mol. The molecule has 0 aliphatic heterocycles. The summed E-state index contributed by atoms with van der Waals surface area (Å²) in [6, 6.07) is -0.0707. The normalized spacial score (nSPS) is 10.0. The molecule has 0 atom stereocenters. The minimum atomic E-state index is -0.0707. The zero-order chi connectivity index (χ0) is 11.0. The van der Waals surface area contributed by atoms with Crippen molar-refractivity contribution in [1.29, 1.82) is 0 Å². The van der Waals surface area contributed by atoms with Crippen molar-refractivity contribution in [2.45, 2.75) is 6.92 Å². The Balaban J connectivity index is 4.10. The van der Waals surface area contributed by atoms with E-state index >= 15 is 0 Å². The van der Waals surface area contributed by atoms with E-state index in [1.54, 1.807) is 24.0 Å². The molecule has 0 aromatic carbocycles. The fourth-order valence-electron chi connectivity index (χ4n) is 1.00. The summed E-state index contributed by atoms with van der Waals surface area (Å²) < 4.78 is 4.89. The van der Waals surface area contributed by atoms with Crippen LogP contribution in [0.3, 0.4) is 0 Å². The van der Waals surface area contributed by atoms with Crippen LogP contribution in [0.15, 0.2) is 0 Å². The Kier molecular flexibility index (Phi) is 7.14. The second kappa shape index (κ2) is 7.58. The Morgan fingerprint density at radius 3 is 2.50 bits per heavy atom. The lowest BCUT2D eigenvalue weighted by molar-refractivity contribution is 0.120. The SMILES string of the molecule is CCN(C)C(=O)N(CCO)CCOC. The summed E-state index contributed by atoms with van der Waals surface area (Å²) >= 11 is 0. The molecule has 0 aromatic rings. The Morgan fingerprint density at radius 2 is 2.07 bits per heavy atom. The van der Waals surface area contributed by atoms with Gasteiger partial charge in [0.25, 0.3) is 0 Å². The molecule has 0 fully saturated rings. The highest BCUT2D eigenvalue weighted by Crippen LogP contribution is 1.96. The van der Waals surface area contributed by atoms with Crippen molar-refractivity contribution in [2.24, 2.45) is 0 Å². The first-order valence-electron chi connectivity index (χ1n) is 4.77. The molecule has 14 heavy (non-hydrogen) atoms. The van der Waals surface area contributed by atoms with E-state index in [0.717, 1.165) is 0 Å². The average molecular weight is 204 g/mol. The summed E-state index contributed by atoms with van der Waals surface area (Å²) in [6.07, 6.45) is 0. The maximum absolute atomic E-state index is 11.7. The topological polar surface area (TPSA) is 53.0 Å². The van der Waals surface area contributed by atoms with Crippen molar-refractivity contribution in [1.82, 2.24) is 9.80 Å². The predicted octanol–water partition coefficient (Wildman–Crippen LogP) is -0.00120. The van der Waals surface area contributed by atoms with Gasteiger partial charge in [-0.1, -0.05) is 0 Å². The quantitative estimate of drug-likeness (QED) is 0.662. The zero-order valence-electron chi connectivity index (χ0n) is 9.19. The van der Waals surface area contributed by atoms with Gasteiger partial charge in [-0.15, -0.1) is 0 Å². The number of hydrogen-bond acceptors (Lipinski definition) is 3. The van der Waals surface area contributed by atoms with Crippen LogP contribution in [0, 0.1) is 0 Å². The molecule has 84 valence electrons. The second-order valence-electron chi connectivity index (χ2n) is 3.00. The van der Waals surface area contributed by atoms with Crippen molar-refractivity contribution in [3.05, 3.63) is 0 Å². The Labute approximate surface area is 85.2 Å². The highest BCUT2D eigenvalue weighted by atomic mass is 16.5. The van der Waals surface area contributed by atoms with Gasteiger partial charge in [-0.05, 0) is 6.92 Å². The third-order valence-electron chi connectivity index (χ3n) is 2.01. The number of carbonyl (C=O) groups is 1. The van der Waals surface area contributed by atoms with Gasteiger partial charge in [0, 0.05) is 33.8 Å². The number of amides is 2. The highest BCUT2D eigenvalue weighted by molar-refractivity contribution is 5.74. The molecule has 0 bridgehead atoms. The molecule has 0 heterocycles. The molecule has 1 N–H and O–H groups in total. The minimum absolute atomic E-state index is 0.0208. The maximum Gasteiger partial charge on any atom is 0.319 e. The molecule has 0 unspecified atom stereocenters. The standard InChI is InChI=1S/C9H20N2O3/c1-4-10(2)9(13)11(5-7-12)6-8-14-3/h12H,4-8H2,1-3H3. The third kappa shape index (κ3) is 4.43. The van der Waals surface area contributed by atoms with Gasteiger partial charge < -0.3 is 19.6 Å². The number of nitrogens with zero attached hydrogens (tertiary/aromatic N) is 2. The largest absolute Gasteiger partial charge is 0.395 e. The van der Waals surface area contributed by atoms with Crippen molar-refractivity contribution in [3.8, 4) is 0 Å². The van der Waals surface area contributed by atoms with Crippen LogP contribution in [0.2, 0.25) is 0 Å². The Hall–Kier alpha value is -0.810. The summed E-state index contributed by atoms with van der Waals surface area (Å²) in [7, 11) is 3.32. The van der Waals surface area contributed by atoms with Crippen molar-refractivity contribution in [2.75, 3.05) is 47.0 Å². The summed E-state index contributed by atoms with van der Waals surface area (Å²) in [5.41, 5.74) is 0. The second-order valence-corrected chi connectivity index (χ2v) is 3.00. The zero-order valence-corrected chi connectivity index (χ0v) is 9.19. The van der Waals surface area contributed by atoms with E-state index in [-0.39, 0.29) is 12.6 Å². The number of carbonyl (C=O) groups excluding carboxylic acids is 1. The highest BCUT2D eigenvalue weighted by Gasteiger charge is 2.15. The van der Waals surface area contributed by atoms with Crippen molar-refractivity contribution in [3.63, 3.8) is 0 Å². The van der Waals surface area contributed by atoms with Crippen molar-refractivity contribution >= 4 is 6.03 Å². The van der Waals surface area contributed by atoms with E-state index < -0.39 is 0 Å². The minimum Gasteiger partial charge on any atom is -0.395 e. The van der Waals surface area contributed by atoms with Gasteiger partial charge in [0.2, 0.25) is 0 Å². The van der Waals surface area contributed by atoms with Crippen LogP contribution in [0.5, 0.6) is 0 Å². The number of aliphatic hydroxyl groups excluding tert-OH is 1. The molecule has 0 aromatic heterocycles. The Bertz CT molecular complexity index is 164. The molecule has 0 saturated carbocycles. The van der Waals surface area contributed by atoms with E-state index in [1.807, 2.05) is 6.92 Å². The summed E-state index contributed by atoms with van der Waals surface area (Å²) in [5.74, 6) is 0. The lowest BCUT2D eigenvalue weighted by atomic mass is 10.5. The van der Waals surface area contributed by atoms with Gasteiger partial charge >= 0.3 is 6.03 Å². The van der Waals surface area contributed by atoms with E-state index in [2.05, 4.69) is 0 Å². The van der Waals surface area contributed by atoms with E-state index in [9.17, 15) is 4.79 Å². The number of ether oxygens (including phenoxy) is 1. The van der Waals surface area contributed by atoms with Gasteiger partial charge in [-0.3, -0.25) is 0 Å². The first-order chi connectivity index (χ1) is 6.67. The van der Waals surface area contributed by atoms with Gasteiger partial charge in [0.1, 0.15) is 0 Å². The molecule has 0 spiro atoms. The molecular weight excluding hydrogens is 184 g/mol. The summed E-state index contributed by atoms with van der Waals surface area (Å²) in [6.45, 7) is 3.90. The summed E-state index contributed by atoms with van der Waals surface area (Å²) in [4.78, 5) is 14.8. The van der Waals surface area contributed by atoms with Gasteiger partial charge in [-0.25, -0.2) is 4.79 Å². The van der Waals surface area contributed by atoms with Gasteiger partial charge in [0.15, 0.2) is 0 Å². The number of urea groups is 1. The van der Waals surface area contributed by atoms with E-state index in [0.29, 0.717) is 26.2 Å². The molecule has 0 saturated heterocycles. The van der Waals surface area contributed by atoms with E-state index in [4.69, 9.17) is 9.84 Å². The van der Waals surface area contributed by atoms with Crippen LogP contribution in [-0.4, -0.2) is 67.9 Å². The fourth-order valence-corrected chi connectivity index (χ4v) is 1.00. The first-order valence-corrected chi connectivity index (χ1v) is 4.77. The number of hydrogen-bond donors (Lipinski definition) is 1. The fraction of sp³-hybridized carbons (Fsp3) is 0.889. The van der Waals surface area contributed by atoms with E-state index in [1.165, 1.54) is 0 Å². The van der Waals surface area contributed by atoms with Gasteiger partial charge in [-0.2, -0.15) is 0 Å². The molecular formula is C9H20N2O3. The Morgan fingerprint density at radius 1 is 1.43 bits per heavy atom. The molecule has 0 aliphatic carbocycles. The lowest BCUT2D eigenvalue weighted by Gasteiger charge is -2.26. The maximum atomic E-state index is 11.7. The van der Waals surface area contributed by atoms with Crippen LogP contribution in [-0.2, 0) is 4.74 Å². The van der Waals surface area contributed by atoms with Crippen LogP contribution < -0.4 is 0 Å². The summed E-state index contributed by atoms with van der Waals surface area (Å²) in [5, 5.41) is 8.79. The lowest BCUT2D eigenvalue weighted by Crippen LogP contribution is -2.43. The molecule has 5 nitrogen and oxygen atoms in total. The van der Waals surface area contributed by atoms with Crippen LogP contribution in [0.4, 0.5) is 4.79 Å². The first kappa shape index (κ1) is 13.2. The van der Waals surface area contributed by atoms with Gasteiger partial charge in [0.05, 0.1) is 13.2 Å².